The maximum Gasteiger partial charge on any atom is 0.119 e. The lowest BCUT2D eigenvalue weighted by Crippen LogP contribution is -2.36. The van der Waals surface area contributed by atoms with Gasteiger partial charge in [0.05, 0.1) is 13.7 Å². The summed E-state index contributed by atoms with van der Waals surface area (Å²) in [6.07, 6.45) is 2.11. The van der Waals surface area contributed by atoms with E-state index in [1.807, 2.05) is 19.1 Å². The Morgan fingerprint density at radius 3 is 2.78 bits per heavy atom. The summed E-state index contributed by atoms with van der Waals surface area (Å²) in [7, 11) is 1.70. The predicted octanol–water partition coefficient (Wildman–Crippen LogP) is 2.64. The molecule has 0 aliphatic rings. The summed E-state index contributed by atoms with van der Waals surface area (Å²) in [4.78, 5) is 0. The largest absolute Gasteiger partial charge is 0.497 e. The van der Waals surface area contributed by atoms with Crippen molar-refractivity contribution in [2.45, 2.75) is 32.7 Å². The first-order chi connectivity index (χ1) is 8.80. The molecule has 1 aromatic rings. The van der Waals surface area contributed by atoms with E-state index in [0.717, 1.165) is 38.3 Å². The van der Waals surface area contributed by atoms with Crippen molar-refractivity contribution >= 4 is 0 Å². The predicted molar refractivity (Wildman–Crippen MR) is 75.3 cm³/mol. The maximum absolute atomic E-state index is 5.53. The quantitative estimate of drug-likeness (QED) is 0.732. The zero-order chi connectivity index (χ0) is 13.2. The van der Waals surface area contributed by atoms with Crippen molar-refractivity contribution in [3.63, 3.8) is 0 Å². The molecule has 0 saturated carbocycles. The van der Waals surface area contributed by atoms with Crippen molar-refractivity contribution in [2.24, 2.45) is 0 Å². The van der Waals surface area contributed by atoms with Gasteiger partial charge in [-0.25, -0.2) is 0 Å². The highest BCUT2D eigenvalue weighted by atomic mass is 16.5. The average molecular weight is 251 g/mol. The third kappa shape index (κ3) is 5.52. The Hall–Kier alpha value is -1.06. The van der Waals surface area contributed by atoms with E-state index in [9.17, 15) is 0 Å². The number of hydrogen-bond acceptors (Lipinski definition) is 3. The van der Waals surface area contributed by atoms with Crippen LogP contribution >= 0.6 is 0 Å². The van der Waals surface area contributed by atoms with Gasteiger partial charge in [0.2, 0.25) is 0 Å². The normalized spacial score (nSPS) is 12.4. The van der Waals surface area contributed by atoms with Crippen molar-refractivity contribution in [3.05, 3.63) is 29.8 Å². The fourth-order valence-electron chi connectivity index (χ4n) is 1.88. The van der Waals surface area contributed by atoms with Crippen molar-refractivity contribution in [1.82, 2.24) is 5.32 Å². The highest BCUT2D eigenvalue weighted by Gasteiger charge is 2.09. The lowest BCUT2D eigenvalue weighted by Gasteiger charge is -2.18. The molecule has 1 N–H and O–H groups in total. The van der Waals surface area contributed by atoms with Gasteiger partial charge in [-0.05, 0) is 44.0 Å². The van der Waals surface area contributed by atoms with Crippen LogP contribution in [0.25, 0.3) is 0 Å². The second-order valence-corrected chi connectivity index (χ2v) is 4.37. The van der Waals surface area contributed by atoms with Crippen LogP contribution in [0.5, 0.6) is 5.75 Å². The Balaban J connectivity index is 2.56. The van der Waals surface area contributed by atoms with Gasteiger partial charge in [0.1, 0.15) is 5.75 Å². The molecule has 102 valence electrons. The van der Waals surface area contributed by atoms with E-state index in [1.54, 1.807) is 7.11 Å². The molecule has 3 heteroatoms. The van der Waals surface area contributed by atoms with E-state index in [-0.39, 0.29) is 0 Å². The fraction of sp³-hybridized carbons (Fsp3) is 0.600. The van der Waals surface area contributed by atoms with Crippen LogP contribution in [0.2, 0.25) is 0 Å². The third-order valence-electron chi connectivity index (χ3n) is 2.82. The number of methoxy groups -OCH3 is 1. The van der Waals surface area contributed by atoms with Crippen molar-refractivity contribution in [3.8, 4) is 5.75 Å². The van der Waals surface area contributed by atoms with Crippen LogP contribution in [0.1, 0.15) is 25.8 Å². The standard InChI is InChI=1S/C15H25NO2/c1-4-9-16-14(12-18-5-2)10-13-7-6-8-15(11-13)17-3/h6-8,11,14,16H,4-5,9-10,12H2,1-3H3. The number of hydrogen-bond donors (Lipinski definition) is 1. The Labute approximate surface area is 110 Å². The first-order valence-corrected chi connectivity index (χ1v) is 6.74. The van der Waals surface area contributed by atoms with Crippen molar-refractivity contribution in [2.75, 3.05) is 26.9 Å². The van der Waals surface area contributed by atoms with Gasteiger partial charge < -0.3 is 14.8 Å². The molecule has 0 spiro atoms. The third-order valence-corrected chi connectivity index (χ3v) is 2.82. The van der Waals surface area contributed by atoms with Gasteiger partial charge in [-0.3, -0.25) is 0 Å². The number of ether oxygens (including phenoxy) is 2. The topological polar surface area (TPSA) is 30.5 Å². The molecule has 3 nitrogen and oxygen atoms in total. The van der Waals surface area contributed by atoms with E-state index in [1.165, 1.54) is 5.56 Å². The van der Waals surface area contributed by atoms with Crippen LogP contribution in [-0.2, 0) is 11.2 Å². The van der Waals surface area contributed by atoms with Crippen LogP contribution in [0.15, 0.2) is 24.3 Å². The first-order valence-electron chi connectivity index (χ1n) is 6.74. The van der Waals surface area contributed by atoms with Crippen molar-refractivity contribution < 1.29 is 9.47 Å². The van der Waals surface area contributed by atoms with Crippen LogP contribution in [-0.4, -0.2) is 32.9 Å². The minimum absolute atomic E-state index is 0.372. The van der Waals surface area contributed by atoms with E-state index < -0.39 is 0 Å². The van der Waals surface area contributed by atoms with Crippen LogP contribution in [0, 0.1) is 0 Å². The average Bonchev–Trinajstić information content (AvgIpc) is 2.42. The lowest BCUT2D eigenvalue weighted by atomic mass is 10.1. The Morgan fingerprint density at radius 2 is 2.11 bits per heavy atom. The van der Waals surface area contributed by atoms with Crippen LogP contribution in [0.4, 0.5) is 0 Å². The molecule has 18 heavy (non-hydrogen) atoms. The summed E-state index contributed by atoms with van der Waals surface area (Å²) in [6.45, 7) is 6.76. The van der Waals surface area contributed by atoms with Crippen molar-refractivity contribution in [1.29, 1.82) is 0 Å². The van der Waals surface area contributed by atoms with E-state index in [4.69, 9.17) is 9.47 Å². The minimum atomic E-state index is 0.372. The molecule has 0 fully saturated rings. The van der Waals surface area contributed by atoms with Crippen LogP contribution in [0.3, 0.4) is 0 Å². The summed E-state index contributed by atoms with van der Waals surface area (Å²) in [5.41, 5.74) is 1.28. The Bertz CT molecular complexity index is 320. The summed E-state index contributed by atoms with van der Waals surface area (Å²) in [5.74, 6) is 0.915. The minimum Gasteiger partial charge on any atom is -0.497 e. The molecule has 0 heterocycles. The maximum atomic E-state index is 5.53. The molecule has 1 rings (SSSR count). The van der Waals surface area contributed by atoms with Gasteiger partial charge >= 0.3 is 0 Å². The number of benzene rings is 1. The second kappa shape index (κ2) is 8.95. The Kier molecular flexibility index (Phi) is 7.46. The van der Waals surface area contributed by atoms with Gasteiger partial charge in [0.15, 0.2) is 0 Å². The molecule has 0 bridgehead atoms. The molecular formula is C15H25NO2. The number of nitrogens with one attached hydrogen (secondary N) is 1. The molecule has 0 saturated heterocycles. The van der Waals surface area contributed by atoms with E-state index >= 15 is 0 Å². The number of rotatable bonds is 9. The summed E-state index contributed by atoms with van der Waals surface area (Å²) >= 11 is 0. The lowest BCUT2D eigenvalue weighted by molar-refractivity contribution is 0.122. The zero-order valence-corrected chi connectivity index (χ0v) is 11.7. The van der Waals surface area contributed by atoms with Gasteiger partial charge in [0.25, 0.3) is 0 Å². The molecule has 0 amide bonds. The van der Waals surface area contributed by atoms with Gasteiger partial charge in [-0.1, -0.05) is 19.1 Å². The second-order valence-electron chi connectivity index (χ2n) is 4.37. The smallest absolute Gasteiger partial charge is 0.119 e. The van der Waals surface area contributed by atoms with E-state index in [0.29, 0.717) is 6.04 Å². The molecular weight excluding hydrogens is 226 g/mol. The summed E-state index contributed by atoms with van der Waals surface area (Å²) in [5, 5.41) is 3.52. The molecule has 0 aliphatic heterocycles. The SMILES string of the molecule is CCCNC(COCC)Cc1cccc(OC)c1. The fourth-order valence-corrected chi connectivity index (χ4v) is 1.88. The molecule has 0 aliphatic carbocycles. The van der Waals surface area contributed by atoms with E-state index in [2.05, 4.69) is 24.4 Å². The Morgan fingerprint density at radius 1 is 1.28 bits per heavy atom. The summed E-state index contributed by atoms with van der Waals surface area (Å²) in [6, 6.07) is 8.60. The molecule has 1 unspecified atom stereocenters. The van der Waals surface area contributed by atoms with Crippen LogP contribution < -0.4 is 10.1 Å². The summed E-state index contributed by atoms with van der Waals surface area (Å²) < 4.78 is 10.8. The van der Waals surface area contributed by atoms with Gasteiger partial charge in [0, 0.05) is 12.6 Å². The van der Waals surface area contributed by atoms with Gasteiger partial charge in [-0.2, -0.15) is 0 Å². The molecule has 0 aromatic heterocycles. The first kappa shape index (κ1) is 15.0. The molecule has 1 aromatic carbocycles. The molecule has 1 atom stereocenters. The monoisotopic (exact) mass is 251 g/mol. The highest BCUT2D eigenvalue weighted by molar-refractivity contribution is 5.28. The zero-order valence-electron chi connectivity index (χ0n) is 11.7. The highest BCUT2D eigenvalue weighted by Crippen LogP contribution is 2.14. The molecule has 0 radical (unpaired) electrons. The van der Waals surface area contributed by atoms with Gasteiger partial charge in [-0.15, -0.1) is 0 Å².